The maximum Gasteiger partial charge on any atom is 0.261 e. The van der Waals surface area contributed by atoms with Gasteiger partial charge < -0.3 is 15.4 Å². The van der Waals surface area contributed by atoms with Crippen LogP contribution in [0.5, 0.6) is 5.75 Å². The molecule has 2 aromatic carbocycles. The zero-order chi connectivity index (χ0) is 21.1. The standard InChI is InChI=1S/C22H24FN5O2/c1-30-17-6-4-15(19(23)13-17)8-11-28-14-25-20-12-16(5-7-18(20)21(28)29)26-22(24)27-9-2-3-10-27/h4-7,12-14H,2-3,8-11H2,1H3,(H2,24,26). The second-order valence-corrected chi connectivity index (χ2v) is 7.32. The molecule has 4 rings (SSSR count). The number of aryl methyl sites for hydroxylation is 2. The van der Waals surface area contributed by atoms with Crippen LogP contribution in [0.1, 0.15) is 18.4 Å². The number of aromatic nitrogens is 2. The molecule has 0 aliphatic carbocycles. The summed E-state index contributed by atoms with van der Waals surface area (Å²) in [7, 11) is 1.49. The van der Waals surface area contributed by atoms with Crippen molar-refractivity contribution >= 4 is 22.5 Å². The Kier molecular flexibility index (Phi) is 5.65. The minimum absolute atomic E-state index is 0.169. The summed E-state index contributed by atoms with van der Waals surface area (Å²) in [5.41, 5.74) is 7.66. The summed E-state index contributed by atoms with van der Waals surface area (Å²) in [6.07, 6.45) is 4.10. The second kappa shape index (κ2) is 8.52. The lowest BCUT2D eigenvalue weighted by Gasteiger charge is -2.15. The van der Waals surface area contributed by atoms with Crippen molar-refractivity contribution < 1.29 is 9.13 Å². The lowest BCUT2D eigenvalue weighted by molar-refractivity contribution is 0.410. The Morgan fingerprint density at radius 2 is 2.03 bits per heavy atom. The normalized spacial score (nSPS) is 14.5. The summed E-state index contributed by atoms with van der Waals surface area (Å²) in [6.45, 7) is 2.16. The molecule has 0 saturated carbocycles. The van der Waals surface area contributed by atoms with Gasteiger partial charge in [-0.15, -0.1) is 0 Å². The third-order valence-corrected chi connectivity index (χ3v) is 5.36. The summed E-state index contributed by atoms with van der Waals surface area (Å²) in [4.78, 5) is 23.7. The molecule has 2 heterocycles. The zero-order valence-corrected chi connectivity index (χ0v) is 16.8. The summed E-state index contributed by atoms with van der Waals surface area (Å²) < 4.78 is 20.7. The molecule has 2 N–H and O–H groups in total. The first-order valence-corrected chi connectivity index (χ1v) is 9.96. The van der Waals surface area contributed by atoms with E-state index in [1.165, 1.54) is 24.1 Å². The minimum Gasteiger partial charge on any atom is -0.497 e. The number of halogens is 1. The maximum atomic E-state index is 14.1. The van der Waals surface area contributed by atoms with E-state index in [1.807, 2.05) is 4.90 Å². The molecule has 1 aliphatic heterocycles. The molecule has 156 valence electrons. The van der Waals surface area contributed by atoms with Crippen molar-refractivity contribution in [1.29, 1.82) is 0 Å². The molecule has 8 heteroatoms. The highest BCUT2D eigenvalue weighted by Crippen LogP contribution is 2.19. The van der Waals surface area contributed by atoms with Gasteiger partial charge in [0.15, 0.2) is 5.96 Å². The first-order valence-electron chi connectivity index (χ1n) is 9.96. The van der Waals surface area contributed by atoms with Crippen molar-refractivity contribution in [2.24, 2.45) is 10.7 Å². The Balaban J connectivity index is 1.54. The topological polar surface area (TPSA) is 85.7 Å². The predicted molar refractivity (Wildman–Crippen MR) is 115 cm³/mol. The minimum atomic E-state index is -0.353. The molecule has 0 spiro atoms. The first-order chi connectivity index (χ1) is 14.5. The van der Waals surface area contributed by atoms with Crippen LogP contribution < -0.4 is 16.0 Å². The third-order valence-electron chi connectivity index (χ3n) is 5.36. The van der Waals surface area contributed by atoms with Gasteiger partial charge in [-0.05, 0) is 49.1 Å². The number of likely N-dealkylation sites (tertiary alicyclic amines) is 1. The number of hydrogen-bond acceptors (Lipinski definition) is 4. The van der Waals surface area contributed by atoms with Crippen LogP contribution in [0.15, 0.2) is 52.5 Å². The Morgan fingerprint density at radius 3 is 2.77 bits per heavy atom. The number of benzene rings is 2. The van der Waals surface area contributed by atoms with Crippen molar-refractivity contribution in [1.82, 2.24) is 14.5 Å². The van der Waals surface area contributed by atoms with Crippen LogP contribution >= 0.6 is 0 Å². The molecule has 7 nitrogen and oxygen atoms in total. The lowest BCUT2D eigenvalue weighted by atomic mass is 10.1. The highest BCUT2D eigenvalue weighted by atomic mass is 19.1. The van der Waals surface area contributed by atoms with Gasteiger partial charge in [-0.1, -0.05) is 6.07 Å². The number of nitrogens with zero attached hydrogens (tertiary/aromatic N) is 4. The van der Waals surface area contributed by atoms with E-state index in [4.69, 9.17) is 10.5 Å². The Bertz CT molecular complexity index is 1150. The SMILES string of the molecule is COc1ccc(CCn2cnc3cc(N=C(N)N4CCCC4)ccc3c2=O)c(F)c1. The fraction of sp³-hybridized carbons (Fsp3) is 0.318. The van der Waals surface area contributed by atoms with Crippen LogP contribution in [-0.4, -0.2) is 40.6 Å². The van der Waals surface area contributed by atoms with E-state index in [2.05, 4.69) is 9.98 Å². The van der Waals surface area contributed by atoms with Gasteiger partial charge in [0, 0.05) is 25.7 Å². The van der Waals surface area contributed by atoms with Crippen LogP contribution in [0.4, 0.5) is 10.1 Å². The quantitative estimate of drug-likeness (QED) is 0.517. The van der Waals surface area contributed by atoms with Crippen molar-refractivity contribution in [2.45, 2.75) is 25.8 Å². The van der Waals surface area contributed by atoms with E-state index in [-0.39, 0.29) is 11.4 Å². The summed E-state index contributed by atoms with van der Waals surface area (Å²) in [5, 5.41) is 0.492. The van der Waals surface area contributed by atoms with Gasteiger partial charge in [-0.25, -0.2) is 14.4 Å². The number of ether oxygens (including phenoxy) is 1. The van der Waals surface area contributed by atoms with Gasteiger partial charge in [0.05, 0.1) is 30.0 Å². The first kappa shape index (κ1) is 19.9. The second-order valence-electron chi connectivity index (χ2n) is 7.32. The van der Waals surface area contributed by atoms with Gasteiger partial charge in [-0.2, -0.15) is 0 Å². The number of hydrogen-bond donors (Lipinski definition) is 1. The molecule has 1 aromatic heterocycles. The van der Waals surface area contributed by atoms with Crippen molar-refractivity contribution in [3.05, 3.63) is 64.5 Å². The highest BCUT2D eigenvalue weighted by Gasteiger charge is 2.14. The zero-order valence-electron chi connectivity index (χ0n) is 16.8. The Morgan fingerprint density at radius 1 is 1.23 bits per heavy atom. The molecule has 0 amide bonds. The molecule has 0 bridgehead atoms. The van der Waals surface area contributed by atoms with E-state index in [1.54, 1.807) is 30.3 Å². The molecular weight excluding hydrogens is 385 g/mol. The largest absolute Gasteiger partial charge is 0.497 e. The molecule has 1 fully saturated rings. The highest BCUT2D eigenvalue weighted by molar-refractivity contribution is 5.85. The number of methoxy groups -OCH3 is 1. The van der Waals surface area contributed by atoms with Gasteiger partial charge >= 0.3 is 0 Å². The summed E-state index contributed by atoms with van der Waals surface area (Å²) in [5.74, 6) is 0.598. The molecule has 30 heavy (non-hydrogen) atoms. The summed E-state index contributed by atoms with van der Waals surface area (Å²) in [6, 6.07) is 9.95. The average molecular weight is 409 g/mol. The Labute approximate surface area is 173 Å². The van der Waals surface area contributed by atoms with Crippen LogP contribution in [0, 0.1) is 5.82 Å². The maximum absolute atomic E-state index is 14.1. The third kappa shape index (κ3) is 4.12. The summed E-state index contributed by atoms with van der Waals surface area (Å²) >= 11 is 0. The van der Waals surface area contributed by atoms with Gasteiger partial charge in [0.2, 0.25) is 0 Å². The van der Waals surface area contributed by atoms with Crippen LogP contribution in [0.2, 0.25) is 0 Å². The molecule has 0 radical (unpaired) electrons. The molecule has 1 saturated heterocycles. The molecular formula is C22H24FN5O2. The number of aliphatic imine (C=N–C) groups is 1. The monoisotopic (exact) mass is 409 g/mol. The lowest BCUT2D eigenvalue weighted by Crippen LogP contribution is -2.34. The average Bonchev–Trinajstić information content (AvgIpc) is 3.29. The van der Waals surface area contributed by atoms with Crippen molar-refractivity contribution in [3.8, 4) is 5.75 Å². The van der Waals surface area contributed by atoms with E-state index < -0.39 is 0 Å². The predicted octanol–water partition coefficient (Wildman–Crippen LogP) is 2.83. The molecule has 3 aromatic rings. The smallest absolute Gasteiger partial charge is 0.261 e. The number of rotatable bonds is 5. The molecule has 0 atom stereocenters. The number of nitrogens with two attached hydrogens (primary N) is 1. The van der Waals surface area contributed by atoms with E-state index in [0.29, 0.717) is 46.8 Å². The van der Waals surface area contributed by atoms with Gasteiger partial charge in [0.25, 0.3) is 5.56 Å². The molecule has 0 unspecified atom stereocenters. The van der Waals surface area contributed by atoms with E-state index >= 15 is 0 Å². The fourth-order valence-corrected chi connectivity index (χ4v) is 3.62. The van der Waals surface area contributed by atoms with Gasteiger partial charge in [0.1, 0.15) is 11.6 Å². The van der Waals surface area contributed by atoms with Crippen molar-refractivity contribution in [3.63, 3.8) is 0 Å². The van der Waals surface area contributed by atoms with Crippen LogP contribution in [0.3, 0.4) is 0 Å². The Hall–Kier alpha value is -3.42. The molecule has 1 aliphatic rings. The van der Waals surface area contributed by atoms with E-state index in [9.17, 15) is 9.18 Å². The number of fused-ring (bicyclic) bond motifs is 1. The van der Waals surface area contributed by atoms with E-state index in [0.717, 1.165) is 25.9 Å². The van der Waals surface area contributed by atoms with Gasteiger partial charge in [-0.3, -0.25) is 9.36 Å². The van der Waals surface area contributed by atoms with Crippen LogP contribution in [-0.2, 0) is 13.0 Å². The van der Waals surface area contributed by atoms with Crippen LogP contribution in [0.25, 0.3) is 10.9 Å². The van der Waals surface area contributed by atoms with Crippen molar-refractivity contribution in [2.75, 3.05) is 20.2 Å². The number of guanidine groups is 1. The fourth-order valence-electron chi connectivity index (χ4n) is 3.62.